The van der Waals surface area contributed by atoms with E-state index in [1.807, 2.05) is 29.0 Å². The van der Waals surface area contributed by atoms with Crippen LogP contribution in [-0.4, -0.2) is 33.0 Å². The van der Waals surface area contributed by atoms with Crippen LogP contribution in [0, 0.1) is 0 Å². The topological polar surface area (TPSA) is 59.8 Å². The first-order valence-electron chi connectivity index (χ1n) is 6.12. The van der Waals surface area contributed by atoms with Crippen molar-refractivity contribution in [2.75, 3.05) is 12.3 Å². The summed E-state index contributed by atoms with van der Waals surface area (Å²) in [5, 5.41) is 14.0. The zero-order valence-electron chi connectivity index (χ0n) is 10.9. The fourth-order valence-corrected chi connectivity index (χ4v) is 3.20. The number of hydrogen-bond acceptors (Lipinski definition) is 5. The van der Waals surface area contributed by atoms with Crippen LogP contribution in [0.25, 0.3) is 10.7 Å². The molecular weight excluding hydrogens is 280 g/mol. The number of carbonyl (C=O) groups is 1. The third kappa shape index (κ3) is 3.36. The van der Waals surface area contributed by atoms with E-state index in [0.717, 1.165) is 22.4 Å². The molecule has 2 heterocycles. The van der Waals surface area contributed by atoms with Gasteiger partial charge in [-0.2, -0.15) is 0 Å². The summed E-state index contributed by atoms with van der Waals surface area (Å²) in [5.74, 6) is 1.27. The summed E-state index contributed by atoms with van der Waals surface area (Å²) in [5.41, 5.74) is 0. The minimum absolute atomic E-state index is 0.0239. The number of hydrogen-bond donors (Lipinski definition) is 1. The molecule has 0 aliphatic carbocycles. The molecule has 2 aromatic rings. The first kappa shape index (κ1) is 14.1. The number of carbonyl (C=O) groups excluding carboxylic acids is 1. The maximum atomic E-state index is 11.5. The SMILES string of the molecule is CCNC(=O)CSc1nnc(-c2cccs2)n1CC. The fourth-order valence-electron chi connectivity index (χ4n) is 1.65. The second kappa shape index (κ2) is 6.72. The van der Waals surface area contributed by atoms with E-state index < -0.39 is 0 Å². The molecule has 0 bridgehead atoms. The molecule has 7 heteroatoms. The molecule has 2 aromatic heterocycles. The standard InChI is InChI=1S/C12H16N4OS2/c1-3-13-10(17)8-19-12-15-14-11(16(12)4-2)9-6-5-7-18-9/h5-7H,3-4,8H2,1-2H3,(H,13,17). The molecule has 5 nitrogen and oxygen atoms in total. The smallest absolute Gasteiger partial charge is 0.230 e. The van der Waals surface area contributed by atoms with Crippen molar-refractivity contribution in [2.45, 2.75) is 25.5 Å². The number of aromatic nitrogens is 3. The Kier molecular flexibility index (Phi) is 4.98. The third-order valence-electron chi connectivity index (χ3n) is 2.48. The Morgan fingerprint density at radius 2 is 2.32 bits per heavy atom. The van der Waals surface area contributed by atoms with Crippen LogP contribution in [0.15, 0.2) is 22.7 Å². The predicted octanol–water partition coefficient (Wildman–Crippen LogP) is 2.25. The number of thioether (sulfide) groups is 1. The third-order valence-corrected chi connectivity index (χ3v) is 4.31. The van der Waals surface area contributed by atoms with Crippen molar-refractivity contribution in [2.24, 2.45) is 0 Å². The molecule has 0 aromatic carbocycles. The van der Waals surface area contributed by atoms with Gasteiger partial charge in [0.1, 0.15) is 0 Å². The van der Waals surface area contributed by atoms with Crippen molar-refractivity contribution in [1.82, 2.24) is 20.1 Å². The molecule has 0 atom stereocenters. The Hall–Kier alpha value is -1.34. The zero-order valence-corrected chi connectivity index (χ0v) is 12.6. The Balaban J connectivity index is 2.12. The van der Waals surface area contributed by atoms with Gasteiger partial charge >= 0.3 is 0 Å². The van der Waals surface area contributed by atoms with Gasteiger partial charge in [0.25, 0.3) is 0 Å². The largest absolute Gasteiger partial charge is 0.356 e. The van der Waals surface area contributed by atoms with E-state index in [-0.39, 0.29) is 5.91 Å². The fraction of sp³-hybridized carbons (Fsp3) is 0.417. The van der Waals surface area contributed by atoms with Crippen molar-refractivity contribution >= 4 is 29.0 Å². The first-order chi connectivity index (χ1) is 9.26. The van der Waals surface area contributed by atoms with E-state index in [0.29, 0.717) is 12.3 Å². The maximum absolute atomic E-state index is 11.5. The second-order valence-corrected chi connectivity index (χ2v) is 5.66. The van der Waals surface area contributed by atoms with Crippen molar-refractivity contribution in [3.8, 4) is 10.7 Å². The zero-order chi connectivity index (χ0) is 13.7. The van der Waals surface area contributed by atoms with E-state index in [1.165, 1.54) is 11.8 Å². The summed E-state index contributed by atoms with van der Waals surface area (Å²) in [7, 11) is 0. The molecule has 0 aliphatic rings. The Labute approximate surface area is 120 Å². The quantitative estimate of drug-likeness (QED) is 0.831. The lowest BCUT2D eigenvalue weighted by Gasteiger charge is -2.06. The van der Waals surface area contributed by atoms with Gasteiger partial charge in [-0.15, -0.1) is 21.5 Å². The summed E-state index contributed by atoms with van der Waals surface area (Å²) in [4.78, 5) is 12.6. The molecule has 102 valence electrons. The Bertz CT molecular complexity index is 536. The molecule has 0 radical (unpaired) electrons. The van der Waals surface area contributed by atoms with Gasteiger partial charge in [-0.05, 0) is 25.3 Å². The van der Waals surface area contributed by atoms with Crippen LogP contribution in [0.3, 0.4) is 0 Å². The van der Waals surface area contributed by atoms with Crippen molar-refractivity contribution in [1.29, 1.82) is 0 Å². The second-order valence-electron chi connectivity index (χ2n) is 3.77. The number of amides is 1. The van der Waals surface area contributed by atoms with Crippen LogP contribution in [-0.2, 0) is 11.3 Å². The molecule has 0 fully saturated rings. The normalized spacial score (nSPS) is 10.6. The van der Waals surface area contributed by atoms with E-state index in [1.54, 1.807) is 11.3 Å². The number of thiophene rings is 1. The molecule has 1 amide bonds. The van der Waals surface area contributed by atoms with Crippen LogP contribution in [0.2, 0.25) is 0 Å². The average Bonchev–Trinajstić information content (AvgIpc) is 3.05. The molecule has 0 aliphatic heterocycles. The molecular formula is C12H16N4OS2. The number of nitrogens with zero attached hydrogens (tertiary/aromatic N) is 3. The van der Waals surface area contributed by atoms with Gasteiger partial charge in [0.15, 0.2) is 11.0 Å². The maximum Gasteiger partial charge on any atom is 0.230 e. The molecule has 0 spiro atoms. The van der Waals surface area contributed by atoms with Crippen molar-refractivity contribution < 1.29 is 4.79 Å². The van der Waals surface area contributed by atoms with Gasteiger partial charge in [0.05, 0.1) is 10.6 Å². The minimum atomic E-state index is 0.0239. The molecule has 19 heavy (non-hydrogen) atoms. The Morgan fingerprint density at radius 3 is 2.95 bits per heavy atom. The summed E-state index contributed by atoms with van der Waals surface area (Å²) in [6.07, 6.45) is 0. The van der Waals surface area contributed by atoms with Gasteiger partial charge in [0.2, 0.25) is 5.91 Å². The van der Waals surface area contributed by atoms with Gasteiger partial charge in [-0.25, -0.2) is 0 Å². The number of nitrogens with one attached hydrogen (secondary N) is 1. The van der Waals surface area contributed by atoms with E-state index >= 15 is 0 Å². The lowest BCUT2D eigenvalue weighted by molar-refractivity contribution is -0.118. The van der Waals surface area contributed by atoms with Crippen molar-refractivity contribution in [3.63, 3.8) is 0 Å². The highest BCUT2D eigenvalue weighted by atomic mass is 32.2. The summed E-state index contributed by atoms with van der Waals surface area (Å²) < 4.78 is 2.04. The van der Waals surface area contributed by atoms with Gasteiger partial charge < -0.3 is 9.88 Å². The highest BCUT2D eigenvalue weighted by Crippen LogP contribution is 2.26. The monoisotopic (exact) mass is 296 g/mol. The van der Waals surface area contributed by atoms with Crippen LogP contribution < -0.4 is 5.32 Å². The van der Waals surface area contributed by atoms with E-state index in [9.17, 15) is 4.79 Å². The average molecular weight is 296 g/mol. The molecule has 1 N–H and O–H groups in total. The van der Waals surface area contributed by atoms with Crippen LogP contribution in [0.5, 0.6) is 0 Å². The van der Waals surface area contributed by atoms with Gasteiger partial charge in [-0.1, -0.05) is 17.8 Å². The van der Waals surface area contributed by atoms with Gasteiger partial charge in [-0.3, -0.25) is 4.79 Å². The van der Waals surface area contributed by atoms with Crippen LogP contribution >= 0.6 is 23.1 Å². The molecule has 0 saturated carbocycles. The summed E-state index contributed by atoms with van der Waals surface area (Å²) in [6.45, 7) is 5.40. The van der Waals surface area contributed by atoms with Crippen LogP contribution in [0.4, 0.5) is 0 Å². The van der Waals surface area contributed by atoms with E-state index in [4.69, 9.17) is 0 Å². The highest BCUT2D eigenvalue weighted by Gasteiger charge is 2.14. The summed E-state index contributed by atoms with van der Waals surface area (Å²) >= 11 is 3.06. The Morgan fingerprint density at radius 1 is 1.47 bits per heavy atom. The van der Waals surface area contributed by atoms with E-state index in [2.05, 4.69) is 22.4 Å². The van der Waals surface area contributed by atoms with Crippen LogP contribution in [0.1, 0.15) is 13.8 Å². The van der Waals surface area contributed by atoms with Gasteiger partial charge in [0, 0.05) is 13.1 Å². The highest BCUT2D eigenvalue weighted by molar-refractivity contribution is 7.99. The molecule has 2 rings (SSSR count). The first-order valence-corrected chi connectivity index (χ1v) is 7.99. The lowest BCUT2D eigenvalue weighted by atomic mass is 10.4. The minimum Gasteiger partial charge on any atom is -0.356 e. The van der Waals surface area contributed by atoms with Crippen molar-refractivity contribution in [3.05, 3.63) is 17.5 Å². The predicted molar refractivity (Wildman–Crippen MR) is 78.4 cm³/mol. The number of rotatable bonds is 6. The molecule has 0 unspecified atom stereocenters. The summed E-state index contributed by atoms with van der Waals surface area (Å²) in [6, 6.07) is 4.02. The lowest BCUT2D eigenvalue weighted by Crippen LogP contribution is -2.24. The molecule has 0 saturated heterocycles.